The van der Waals surface area contributed by atoms with Crippen LogP contribution in [0.4, 0.5) is 0 Å². The third kappa shape index (κ3) is 5.12. The summed E-state index contributed by atoms with van der Waals surface area (Å²) in [7, 11) is 0. The molecule has 0 unspecified atom stereocenters. The Kier molecular flexibility index (Phi) is 9.23. The molecule has 17 heavy (non-hydrogen) atoms. The van der Waals surface area contributed by atoms with Crippen molar-refractivity contribution in [3.8, 4) is 0 Å². The summed E-state index contributed by atoms with van der Waals surface area (Å²) in [4.78, 5) is 0. The first-order valence-corrected chi connectivity index (χ1v) is 7.98. The van der Waals surface area contributed by atoms with E-state index in [1.807, 2.05) is 6.08 Å². The molecule has 0 saturated carbocycles. The average molecular weight is 348 g/mol. The Hall–Kier alpha value is 0.163. The van der Waals surface area contributed by atoms with Gasteiger partial charge < -0.3 is 0 Å². The van der Waals surface area contributed by atoms with Gasteiger partial charge in [-0.1, -0.05) is 0 Å². The van der Waals surface area contributed by atoms with Crippen molar-refractivity contribution in [3.63, 3.8) is 0 Å². The predicted molar refractivity (Wildman–Crippen MR) is 76.6 cm³/mol. The van der Waals surface area contributed by atoms with E-state index in [1.165, 1.54) is 19.3 Å². The molecule has 0 saturated heterocycles. The maximum absolute atomic E-state index is 3.80. The van der Waals surface area contributed by atoms with E-state index in [9.17, 15) is 0 Å². The molecule has 2 aliphatic rings. The van der Waals surface area contributed by atoms with Gasteiger partial charge in [0.15, 0.2) is 0 Å². The summed E-state index contributed by atoms with van der Waals surface area (Å²) < 4.78 is 3.52. The minimum absolute atomic E-state index is 0. The van der Waals surface area contributed by atoms with Crippen LogP contribution < -0.4 is 0 Å². The molecule has 0 radical (unpaired) electrons. The normalized spacial score (nSPS) is 16.4. The first-order valence-electron chi connectivity index (χ1n) is 5.52. The molecule has 0 N–H and O–H groups in total. The second-order valence-electron chi connectivity index (χ2n) is 3.89. The second kappa shape index (κ2) is 9.14. The predicted octanol–water partition coefficient (Wildman–Crippen LogP) is 4.94. The molecule has 3 heteroatoms. The fourth-order valence-electron chi connectivity index (χ4n) is 1.91. The molecule has 0 aromatic heterocycles. The molecule has 2 rings (SSSR count). The summed E-state index contributed by atoms with van der Waals surface area (Å²) in [6, 6.07) is 0. The van der Waals surface area contributed by atoms with Crippen LogP contribution in [0.2, 0.25) is 0 Å². The van der Waals surface area contributed by atoms with E-state index in [-0.39, 0.29) is 24.8 Å². The van der Waals surface area contributed by atoms with Crippen LogP contribution in [0.15, 0.2) is 55.2 Å². The van der Waals surface area contributed by atoms with Crippen molar-refractivity contribution in [3.05, 3.63) is 55.2 Å². The van der Waals surface area contributed by atoms with Crippen molar-refractivity contribution in [1.29, 1.82) is 0 Å². The Bertz CT molecular complexity index is 376. The molecule has 0 atom stereocenters. The van der Waals surface area contributed by atoms with Gasteiger partial charge in [0.2, 0.25) is 0 Å². The zero-order valence-electron chi connectivity index (χ0n) is 9.82. The van der Waals surface area contributed by atoms with Crippen molar-refractivity contribution >= 4 is 24.8 Å². The Balaban J connectivity index is 0.00000128. The van der Waals surface area contributed by atoms with E-state index in [1.54, 1.807) is 12.1 Å². The number of hydrogen-bond donors (Lipinski definition) is 0. The monoisotopic (exact) mass is 346 g/mol. The summed E-state index contributed by atoms with van der Waals surface area (Å²) in [6.07, 6.45) is 18.3. The van der Waals surface area contributed by atoms with Gasteiger partial charge in [0.1, 0.15) is 0 Å². The maximum atomic E-state index is 3.80. The van der Waals surface area contributed by atoms with Gasteiger partial charge in [0.25, 0.3) is 0 Å². The number of rotatable bonds is 5. The molecule has 0 nitrogen and oxygen atoms in total. The second-order valence-corrected chi connectivity index (χ2v) is 7.56. The summed E-state index contributed by atoms with van der Waals surface area (Å²) >= 11 is -0.422. The van der Waals surface area contributed by atoms with Crippen molar-refractivity contribution < 1.29 is 23.2 Å². The van der Waals surface area contributed by atoms with Gasteiger partial charge in [0, 0.05) is 0 Å². The van der Waals surface area contributed by atoms with E-state index in [4.69, 9.17) is 0 Å². The molecule has 0 aromatic rings. The molecular weight excluding hydrogens is 330 g/mol. The van der Waals surface area contributed by atoms with Crippen LogP contribution in [0.1, 0.15) is 25.7 Å². The van der Waals surface area contributed by atoms with Crippen LogP contribution in [-0.4, -0.2) is 0 Å². The van der Waals surface area contributed by atoms with E-state index in [0.29, 0.717) is 0 Å². The van der Waals surface area contributed by atoms with Gasteiger partial charge in [0.05, 0.1) is 0 Å². The minimum Gasteiger partial charge on any atom is -0.147 e. The van der Waals surface area contributed by atoms with E-state index in [2.05, 4.69) is 37.0 Å². The van der Waals surface area contributed by atoms with Crippen molar-refractivity contribution in [1.82, 2.24) is 0 Å². The average Bonchev–Trinajstić information content (AvgIpc) is 2.87. The first kappa shape index (κ1) is 17.2. The quantitative estimate of drug-likeness (QED) is 0.618. The van der Waals surface area contributed by atoms with E-state index >= 15 is 0 Å². The van der Waals surface area contributed by atoms with Gasteiger partial charge in [-0.25, -0.2) is 0 Å². The Morgan fingerprint density at radius 3 is 2.71 bits per heavy atom. The van der Waals surface area contributed by atoms with Crippen LogP contribution in [-0.2, 0) is 23.2 Å². The summed E-state index contributed by atoms with van der Waals surface area (Å²) in [5.41, 5.74) is 1.62. The largest absolute Gasteiger partial charge is 0.147 e. The minimum atomic E-state index is -0.422. The van der Waals surface area contributed by atoms with Crippen molar-refractivity contribution in [2.75, 3.05) is 0 Å². The van der Waals surface area contributed by atoms with E-state index < -0.39 is 23.2 Å². The molecule has 0 amide bonds. The maximum Gasteiger partial charge on any atom is -0.147 e. The zero-order chi connectivity index (χ0) is 10.5. The number of hydrogen-bond acceptors (Lipinski definition) is 0. The zero-order valence-corrected chi connectivity index (χ0v) is 13.9. The molecule has 0 spiro atoms. The Labute approximate surface area is 128 Å². The van der Waals surface area contributed by atoms with Crippen LogP contribution in [0, 0.1) is 0 Å². The molecule has 0 heterocycles. The van der Waals surface area contributed by atoms with Gasteiger partial charge in [-0.3, -0.25) is 0 Å². The standard InChI is InChI=1S/C9H11.C5H5.2ClH.Zr/c1-2-3-6-9-7-4-5-8-9;1-2-4-5-3-1;;;/h2,4,7H,1,3,5-6H2;1-3H,4H2;2*1H;. The van der Waals surface area contributed by atoms with Crippen LogP contribution >= 0.6 is 24.8 Å². The Morgan fingerprint density at radius 2 is 2.06 bits per heavy atom. The first-order chi connectivity index (χ1) is 7.40. The van der Waals surface area contributed by atoms with Crippen LogP contribution in [0.25, 0.3) is 0 Å². The SMILES string of the molecule is C=CCCC1=[C]([Zr][C]2=CC=CC2)CC=C1.Cl.Cl. The molecule has 2 aliphatic carbocycles. The fourth-order valence-corrected chi connectivity index (χ4v) is 5.29. The Morgan fingerprint density at radius 1 is 1.24 bits per heavy atom. The molecule has 0 bridgehead atoms. The van der Waals surface area contributed by atoms with Gasteiger partial charge in [-0.2, -0.15) is 0 Å². The summed E-state index contributed by atoms with van der Waals surface area (Å²) in [5, 5.41) is 0. The topological polar surface area (TPSA) is 0 Å². The summed E-state index contributed by atoms with van der Waals surface area (Å²) in [5.74, 6) is 0. The van der Waals surface area contributed by atoms with Gasteiger partial charge in [-0.05, 0) is 0 Å². The molecule has 0 fully saturated rings. The van der Waals surface area contributed by atoms with Gasteiger partial charge in [-0.15, -0.1) is 24.8 Å². The molecular formula is C14H18Cl2Zr. The van der Waals surface area contributed by atoms with Crippen LogP contribution in [0.3, 0.4) is 0 Å². The van der Waals surface area contributed by atoms with Crippen LogP contribution in [0.5, 0.6) is 0 Å². The third-order valence-corrected chi connectivity index (χ3v) is 6.46. The number of halogens is 2. The number of allylic oxidation sites excluding steroid dienone is 9. The van der Waals surface area contributed by atoms with Gasteiger partial charge >= 0.3 is 104 Å². The third-order valence-electron chi connectivity index (χ3n) is 2.73. The molecule has 92 valence electrons. The van der Waals surface area contributed by atoms with Crippen molar-refractivity contribution in [2.45, 2.75) is 25.7 Å². The van der Waals surface area contributed by atoms with Crippen molar-refractivity contribution in [2.24, 2.45) is 0 Å². The smallest absolute Gasteiger partial charge is 0.147 e. The van der Waals surface area contributed by atoms with E-state index in [0.717, 1.165) is 6.42 Å². The molecule has 0 aromatic carbocycles. The fraction of sp³-hybridized carbons (Fsp3) is 0.286. The molecule has 0 aliphatic heterocycles. The summed E-state index contributed by atoms with van der Waals surface area (Å²) in [6.45, 7) is 3.80.